The minimum Gasteiger partial charge on any atom is -0.493 e. The van der Waals surface area contributed by atoms with E-state index in [1.165, 1.54) is 18.4 Å². The van der Waals surface area contributed by atoms with E-state index in [1.54, 1.807) is 42.3 Å². The zero-order valence-corrected chi connectivity index (χ0v) is 19.1. The van der Waals surface area contributed by atoms with Crippen LogP contribution < -0.4 is 4.74 Å². The molecule has 0 saturated carbocycles. The number of hydrogen-bond donors (Lipinski definition) is 0. The van der Waals surface area contributed by atoms with Gasteiger partial charge in [0.2, 0.25) is 10.0 Å². The van der Waals surface area contributed by atoms with Crippen molar-refractivity contribution in [1.29, 1.82) is 0 Å². The van der Waals surface area contributed by atoms with Crippen molar-refractivity contribution in [3.8, 4) is 5.75 Å². The molecule has 3 rings (SSSR count). The van der Waals surface area contributed by atoms with Gasteiger partial charge in [0.15, 0.2) is 5.16 Å². The number of hydrogen-bond acceptors (Lipinski definition) is 7. The van der Waals surface area contributed by atoms with E-state index in [-0.39, 0.29) is 10.8 Å². The van der Waals surface area contributed by atoms with Crippen molar-refractivity contribution < 1.29 is 17.6 Å². The number of furan rings is 1. The number of aromatic nitrogens is 3. The average molecular weight is 451 g/mol. The highest BCUT2D eigenvalue weighted by Crippen LogP contribution is 2.23. The zero-order valence-electron chi connectivity index (χ0n) is 17.5. The van der Waals surface area contributed by atoms with Crippen LogP contribution in [0.3, 0.4) is 0 Å². The third kappa shape index (κ3) is 5.24. The number of rotatable bonds is 10. The summed E-state index contributed by atoms with van der Waals surface area (Å²) in [5.41, 5.74) is 0. The lowest BCUT2D eigenvalue weighted by atomic mass is 10.2. The Morgan fingerprint density at radius 3 is 2.50 bits per heavy atom. The largest absolute Gasteiger partial charge is 0.493 e. The second-order valence-electron chi connectivity index (χ2n) is 7.12. The summed E-state index contributed by atoms with van der Waals surface area (Å²) in [7, 11) is -0.426. The van der Waals surface area contributed by atoms with Crippen LogP contribution in [0.5, 0.6) is 5.75 Å². The van der Waals surface area contributed by atoms with Crippen LogP contribution in [-0.4, -0.2) is 53.9 Å². The van der Waals surface area contributed by atoms with E-state index in [0.717, 1.165) is 16.7 Å². The van der Waals surface area contributed by atoms with Gasteiger partial charge in [0, 0.05) is 25.8 Å². The highest BCUT2D eigenvalue weighted by molar-refractivity contribution is 7.99. The lowest BCUT2D eigenvalue weighted by molar-refractivity contribution is 0.343. The Morgan fingerprint density at radius 2 is 1.90 bits per heavy atom. The van der Waals surface area contributed by atoms with E-state index in [9.17, 15) is 8.42 Å². The van der Waals surface area contributed by atoms with Gasteiger partial charge in [0.05, 0.1) is 24.3 Å². The molecule has 0 amide bonds. The molecule has 8 nitrogen and oxygen atoms in total. The summed E-state index contributed by atoms with van der Waals surface area (Å²) < 4.78 is 38.7. The van der Waals surface area contributed by atoms with Crippen molar-refractivity contribution in [2.45, 2.75) is 36.4 Å². The van der Waals surface area contributed by atoms with Gasteiger partial charge in [0.25, 0.3) is 0 Å². The van der Waals surface area contributed by atoms with E-state index >= 15 is 0 Å². The molecular formula is C20H26N4O4S2. The molecule has 0 unspecified atom stereocenters. The predicted octanol–water partition coefficient (Wildman–Crippen LogP) is 3.46. The van der Waals surface area contributed by atoms with E-state index in [0.29, 0.717) is 24.7 Å². The number of ether oxygens (including phenoxy) is 1. The Bertz CT molecular complexity index is 1040. The molecule has 0 bridgehead atoms. The Hall–Kier alpha value is -2.30. The normalized spacial score (nSPS) is 12.1. The van der Waals surface area contributed by atoms with Crippen LogP contribution in [0.4, 0.5) is 0 Å². The van der Waals surface area contributed by atoms with Gasteiger partial charge in [-0.05, 0) is 36.4 Å². The van der Waals surface area contributed by atoms with Crippen molar-refractivity contribution in [2.24, 2.45) is 0 Å². The molecule has 0 N–H and O–H groups in total. The highest BCUT2D eigenvalue weighted by Gasteiger charge is 2.18. The Balaban J connectivity index is 1.58. The first-order chi connectivity index (χ1) is 14.3. The molecule has 2 aromatic heterocycles. The quantitative estimate of drug-likeness (QED) is 0.345. The van der Waals surface area contributed by atoms with Crippen molar-refractivity contribution in [2.75, 3.05) is 26.5 Å². The Kier molecular flexibility index (Phi) is 7.22. The molecule has 0 aliphatic heterocycles. The lowest BCUT2D eigenvalue weighted by Crippen LogP contribution is -2.22. The standard InChI is InChI=1S/C20H26N4O4S2/c1-15(2)19-21-22-20(24(19)14-17-6-5-11-27-17)29-13-12-28-16-7-9-18(10-8-16)30(25,26)23(3)4/h5-11,15H,12-14H2,1-4H3. The van der Waals surface area contributed by atoms with Gasteiger partial charge in [-0.25, -0.2) is 12.7 Å². The molecule has 0 fully saturated rings. The summed E-state index contributed by atoms with van der Waals surface area (Å²) in [4.78, 5) is 0.237. The molecular weight excluding hydrogens is 424 g/mol. The molecule has 10 heteroatoms. The van der Waals surface area contributed by atoms with Crippen LogP contribution in [0.2, 0.25) is 0 Å². The van der Waals surface area contributed by atoms with Gasteiger partial charge >= 0.3 is 0 Å². The molecule has 0 aliphatic carbocycles. The fourth-order valence-corrected chi connectivity index (χ4v) is 4.42. The summed E-state index contributed by atoms with van der Waals surface area (Å²) in [6.45, 7) is 5.20. The monoisotopic (exact) mass is 450 g/mol. The molecule has 0 saturated heterocycles. The third-order valence-electron chi connectivity index (χ3n) is 4.34. The van der Waals surface area contributed by atoms with Crippen LogP contribution in [0.1, 0.15) is 31.4 Å². The number of benzene rings is 1. The number of thioether (sulfide) groups is 1. The van der Waals surface area contributed by atoms with E-state index in [4.69, 9.17) is 9.15 Å². The Labute approximate surface area is 181 Å². The van der Waals surface area contributed by atoms with E-state index in [2.05, 4.69) is 28.6 Å². The second kappa shape index (κ2) is 9.67. The van der Waals surface area contributed by atoms with Crippen molar-refractivity contribution >= 4 is 21.8 Å². The average Bonchev–Trinajstić information content (AvgIpc) is 3.36. The van der Waals surface area contributed by atoms with Gasteiger partial charge in [0.1, 0.15) is 17.3 Å². The smallest absolute Gasteiger partial charge is 0.242 e. The highest BCUT2D eigenvalue weighted by atomic mass is 32.2. The molecule has 0 radical (unpaired) electrons. The van der Waals surface area contributed by atoms with E-state index < -0.39 is 10.0 Å². The summed E-state index contributed by atoms with van der Waals surface area (Å²) in [6, 6.07) is 10.2. The molecule has 2 heterocycles. The molecule has 162 valence electrons. The van der Waals surface area contributed by atoms with Gasteiger partial charge < -0.3 is 9.15 Å². The molecule has 0 aliphatic rings. The van der Waals surface area contributed by atoms with Gasteiger partial charge in [-0.2, -0.15) is 0 Å². The maximum absolute atomic E-state index is 12.1. The van der Waals surface area contributed by atoms with Crippen molar-refractivity contribution in [3.05, 3.63) is 54.2 Å². The number of nitrogens with zero attached hydrogens (tertiary/aromatic N) is 4. The van der Waals surface area contributed by atoms with Crippen LogP contribution >= 0.6 is 11.8 Å². The third-order valence-corrected chi connectivity index (χ3v) is 7.10. The molecule has 30 heavy (non-hydrogen) atoms. The van der Waals surface area contributed by atoms with Gasteiger partial charge in [-0.3, -0.25) is 4.57 Å². The lowest BCUT2D eigenvalue weighted by Gasteiger charge is -2.12. The van der Waals surface area contributed by atoms with Crippen molar-refractivity contribution in [3.63, 3.8) is 0 Å². The summed E-state index contributed by atoms with van der Waals surface area (Å²) in [5.74, 6) is 3.30. The topological polar surface area (TPSA) is 90.5 Å². The predicted molar refractivity (Wildman–Crippen MR) is 115 cm³/mol. The first-order valence-corrected chi connectivity index (χ1v) is 11.9. The molecule has 3 aromatic rings. The first kappa shape index (κ1) is 22.4. The van der Waals surface area contributed by atoms with Crippen molar-refractivity contribution in [1.82, 2.24) is 19.1 Å². The second-order valence-corrected chi connectivity index (χ2v) is 10.3. The van der Waals surface area contributed by atoms with Gasteiger partial charge in [-0.15, -0.1) is 10.2 Å². The minimum atomic E-state index is -3.44. The zero-order chi connectivity index (χ0) is 21.7. The van der Waals surface area contributed by atoms with Crippen LogP contribution in [0.25, 0.3) is 0 Å². The van der Waals surface area contributed by atoms with Crippen LogP contribution in [0.15, 0.2) is 57.1 Å². The van der Waals surface area contributed by atoms with Crippen LogP contribution in [-0.2, 0) is 16.6 Å². The molecule has 0 atom stereocenters. The minimum absolute atomic E-state index is 0.237. The summed E-state index contributed by atoms with van der Waals surface area (Å²) >= 11 is 1.56. The van der Waals surface area contributed by atoms with Crippen LogP contribution in [0, 0.1) is 0 Å². The molecule has 0 spiro atoms. The maximum atomic E-state index is 12.1. The Morgan fingerprint density at radius 1 is 1.17 bits per heavy atom. The summed E-state index contributed by atoms with van der Waals surface area (Å²) in [5, 5.41) is 9.46. The first-order valence-electron chi connectivity index (χ1n) is 9.52. The molecule has 1 aromatic carbocycles. The fourth-order valence-electron chi connectivity index (χ4n) is 2.75. The summed E-state index contributed by atoms with van der Waals surface area (Å²) in [6.07, 6.45) is 1.66. The SMILES string of the molecule is CC(C)c1nnc(SCCOc2ccc(S(=O)(=O)N(C)C)cc2)n1Cc1ccco1. The number of sulfonamides is 1. The fraction of sp³-hybridized carbons (Fsp3) is 0.400. The van der Waals surface area contributed by atoms with E-state index in [1.807, 2.05) is 12.1 Å². The van der Waals surface area contributed by atoms with Gasteiger partial charge in [-0.1, -0.05) is 25.6 Å². The maximum Gasteiger partial charge on any atom is 0.242 e.